The lowest BCUT2D eigenvalue weighted by Crippen LogP contribution is -2.41. The summed E-state index contributed by atoms with van der Waals surface area (Å²) in [5, 5.41) is 10.2. The molecular formula is C15H24O2. The molecule has 2 heteroatoms. The summed E-state index contributed by atoms with van der Waals surface area (Å²) in [5.74, 6) is 0.877. The zero-order valence-corrected chi connectivity index (χ0v) is 11.4. The van der Waals surface area contributed by atoms with Gasteiger partial charge in [0.2, 0.25) is 0 Å². The van der Waals surface area contributed by atoms with Crippen LogP contribution in [-0.2, 0) is 4.74 Å². The van der Waals surface area contributed by atoms with E-state index in [4.69, 9.17) is 4.74 Å². The molecule has 1 saturated carbocycles. The molecule has 1 aliphatic carbocycles. The number of rotatable bonds is 1. The maximum atomic E-state index is 10.2. The van der Waals surface area contributed by atoms with Gasteiger partial charge >= 0.3 is 0 Å². The first-order chi connectivity index (χ1) is 7.83. The van der Waals surface area contributed by atoms with Gasteiger partial charge in [0.15, 0.2) is 0 Å². The van der Waals surface area contributed by atoms with Crippen molar-refractivity contribution in [2.75, 3.05) is 0 Å². The van der Waals surface area contributed by atoms with Crippen LogP contribution >= 0.6 is 0 Å². The summed E-state index contributed by atoms with van der Waals surface area (Å²) >= 11 is 0. The predicted octanol–water partition coefficient (Wildman–Crippen LogP) is 3.63. The molecule has 1 aliphatic heterocycles. The van der Waals surface area contributed by atoms with Gasteiger partial charge in [-0.05, 0) is 68.9 Å². The van der Waals surface area contributed by atoms with Crippen molar-refractivity contribution in [1.29, 1.82) is 0 Å². The van der Waals surface area contributed by atoms with Crippen LogP contribution in [0.25, 0.3) is 0 Å². The lowest BCUT2D eigenvalue weighted by molar-refractivity contribution is -0.0244. The molecule has 2 nitrogen and oxygen atoms in total. The Hall–Kier alpha value is -0.760. The van der Waals surface area contributed by atoms with Crippen LogP contribution in [0.5, 0.6) is 0 Å². The Morgan fingerprint density at radius 3 is 2.82 bits per heavy atom. The fourth-order valence-corrected chi connectivity index (χ4v) is 3.30. The lowest BCUT2D eigenvalue weighted by Gasteiger charge is -2.45. The largest absolute Gasteiger partial charge is 0.473 e. The Kier molecular flexibility index (Phi) is 3.11. The SMILES string of the molecule is CC1=COC=C[C@@]2(C)CC[C@@H](C(C)(C)O)C[C@@H]12. The average molecular weight is 236 g/mol. The summed E-state index contributed by atoms with van der Waals surface area (Å²) in [7, 11) is 0. The highest BCUT2D eigenvalue weighted by atomic mass is 16.5. The zero-order valence-electron chi connectivity index (χ0n) is 11.4. The second-order valence-electron chi connectivity index (χ2n) is 6.48. The molecule has 0 aromatic heterocycles. The van der Waals surface area contributed by atoms with E-state index >= 15 is 0 Å². The van der Waals surface area contributed by atoms with Crippen molar-refractivity contribution in [3.8, 4) is 0 Å². The standard InChI is InChI=1S/C15H24O2/c1-11-10-17-8-7-15(4)6-5-12(9-13(11)15)14(2,3)16/h7-8,10,12-13,16H,5-6,9H2,1-4H3/t12-,13+,15-/m1/s1. The Labute approximate surface area is 104 Å². The fourth-order valence-electron chi connectivity index (χ4n) is 3.30. The average Bonchev–Trinajstić information content (AvgIpc) is 2.36. The molecule has 0 aromatic rings. The van der Waals surface area contributed by atoms with E-state index in [0.717, 1.165) is 19.3 Å². The van der Waals surface area contributed by atoms with Crippen molar-refractivity contribution in [1.82, 2.24) is 0 Å². The quantitative estimate of drug-likeness (QED) is 0.753. The van der Waals surface area contributed by atoms with Crippen molar-refractivity contribution in [3.63, 3.8) is 0 Å². The molecule has 2 aliphatic rings. The predicted molar refractivity (Wildman–Crippen MR) is 69.2 cm³/mol. The fraction of sp³-hybridized carbons (Fsp3) is 0.733. The van der Waals surface area contributed by atoms with Gasteiger partial charge in [-0.1, -0.05) is 6.92 Å². The Morgan fingerprint density at radius 1 is 1.47 bits per heavy atom. The molecular weight excluding hydrogens is 212 g/mol. The first-order valence-corrected chi connectivity index (χ1v) is 6.55. The van der Waals surface area contributed by atoms with Gasteiger partial charge in [0, 0.05) is 0 Å². The van der Waals surface area contributed by atoms with E-state index in [2.05, 4.69) is 19.9 Å². The summed E-state index contributed by atoms with van der Waals surface area (Å²) in [6, 6.07) is 0. The van der Waals surface area contributed by atoms with Crippen LogP contribution in [0, 0.1) is 17.3 Å². The highest BCUT2D eigenvalue weighted by Crippen LogP contribution is 2.50. The van der Waals surface area contributed by atoms with Crippen LogP contribution in [0.2, 0.25) is 0 Å². The monoisotopic (exact) mass is 236 g/mol. The van der Waals surface area contributed by atoms with E-state index in [1.807, 2.05) is 26.4 Å². The summed E-state index contributed by atoms with van der Waals surface area (Å²) in [4.78, 5) is 0. The van der Waals surface area contributed by atoms with Gasteiger partial charge in [-0.25, -0.2) is 0 Å². The molecule has 1 fully saturated rings. The number of ether oxygens (including phenoxy) is 1. The van der Waals surface area contributed by atoms with E-state index in [1.54, 1.807) is 0 Å². The van der Waals surface area contributed by atoms with Crippen molar-refractivity contribution in [2.24, 2.45) is 17.3 Å². The molecule has 0 bridgehead atoms. The maximum Gasteiger partial charge on any atom is 0.0893 e. The van der Waals surface area contributed by atoms with Gasteiger partial charge < -0.3 is 9.84 Å². The second kappa shape index (κ2) is 4.16. The topological polar surface area (TPSA) is 29.5 Å². The van der Waals surface area contributed by atoms with Gasteiger partial charge in [-0.3, -0.25) is 0 Å². The van der Waals surface area contributed by atoms with Gasteiger partial charge in [-0.15, -0.1) is 0 Å². The van der Waals surface area contributed by atoms with Crippen molar-refractivity contribution in [2.45, 2.75) is 52.6 Å². The number of hydrogen-bond donors (Lipinski definition) is 1. The second-order valence-corrected chi connectivity index (χ2v) is 6.48. The molecule has 1 heterocycles. The summed E-state index contributed by atoms with van der Waals surface area (Å²) in [6.45, 7) is 8.31. The third-order valence-corrected chi connectivity index (χ3v) is 4.68. The Balaban J connectivity index is 2.25. The van der Waals surface area contributed by atoms with E-state index < -0.39 is 5.60 Å². The highest BCUT2D eigenvalue weighted by molar-refractivity contribution is 5.17. The van der Waals surface area contributed by atoms with Crippen LogP contribution in [0.1, 0.15) is 47.0 Å². The zero-order chi connectivity index (χ0) is 12.7. The number of allylic oxidation sites excluding steroid dienone is 2. The number of hydrogen-bond acceptors (Lipinski definition) is 2. The third-order valence-electron chi connectivity index (χ3n) is 4.68. The van der Waals surface area contributed by atoms with Gasteiger partial charge in [0.25, 0.3) is 0 Å². The number of aliphatic hydroxyl groups is 1. The Morgan fingerprint density at radius 2 is 2.18 bits per heavy atom. The first-order valence-electron chi connectivity index (χ1n) is 6.55. The number of fused-ring (bicyclic) bond motifs is 1. The van der Waals surface area contributed by atoms with Gasteiger partial charge in [0.1, 0.15) is 0 Å². The van der Waals surface area contributed by atoms with Crippen LogP contribution < -0.4 is 0 Å². The van der Waals surface area contributed by atoms with Gasteiger partial charge in [-0.2, -0.15) is 0 Å². The minimum absolute atomic E-state index is 0.193. The molecule has 2 rings (SSSR count). The molecule has 0 radical (unpaired) electrons. The van der Waals surface area contributed by atoms with E-state index in [-0.39, 0.29) is 5.41 Å². The molecule has 17 heavy (non-hydrogen) atoms. The van der Waals surface area contributed by atoms with Crippen molar-refractivity contribution >= 4 is 0 Å². The van der Waals surface area contributed by atoms with Crippen molar-refractivity contribution in [3.05, 3.63) is 24.2 Å². The first kappa shape index (κ1) is 12.7. The van der Waals surface area contributed by atoms with E-state index in [1.165, 1.54) is 5.57 Å². The minimum atomic E-state index is -0.571. The smallest absolute Gasteiger partial charge is 0.0893 e. The minimum Gasteiger partial charge on any atom is -0.473 e. The molecule has 0 unspecified atom stereocenters. The normalized spacial score (nSPS) is 37.8. The maximum absolute atomic E-state index is 10.2. The molecule has 1 N–H and O–H groups in total. The summed E-state index contributed by atoms with van der Waals surface area (Å²) in [5.41, 5.74) is 0.920. The molecule has 96 valence electrons. The van der Waals surface area contributed by atoms with Crippen LogP contribution in [0.15, 0.2) is 24.2 Å². The summed E-state index contributed by atoms with van der Waals surface area (Å²) < 4.78 is 5.38. The summed E-state index contributed by atoms with van der Waals surface area (Å²) in [6.07, 6.45) is 9.14. The van der Waals surface area contributed by atoms with E-state index in [0.29, 0.717) is 11.8 Å². The lowest BCUT2D eigenvalue weighted by atomic mass is 9.60. The van der Waals surface area contributed by atoms with Crippen LogP contribution in [0.3, 0.4) is 0 Å². The third kappa shape index (κ3) is 2.42. The van der Waals surface area contributed by atoms with Crippen LogP contribution in [-0.4, -0.2) is 10.7 Å². The van der Waals surface area contributed by atoms with Crippen molar-refractivity contribution < 1.29 is 9.84 Å². The molecule has 0 saturated heterocycles. The molecule has 3 atom stereocenters. The molecule has 0 amide bonds. The Bertz CT molecular complexity index is 348. The van der Waals surface area contributed by atoms with Crippen LogP contribution in [0.4, 0.5) is 0 Å². The molecule has 0 spiro atoms. The van der Waals surface area contributed by atoms with Gasteiger partial charge in [0.05, 0.1) is 18.1 Å². The molecule has 0 aromatic carbocycles. The highest BCUT2D eigenvalue weighted by Gasteiger charge is 2.43. The van der Waals surface area contributed by atoms with E-state index in [9.17, 15) is 5.11 Å².